The molecular formula is C12H16OS. The van der Waals surface area contributed by atoms with Crippen LogP contribution in [0.5, 0.6) is 0 Å². The molecule has 0 spiro atoms. The Labute approximate surface area is 91.1 Å². The molecule has 0 unspecified atom stereocenters. The van der Waals surface area contributed by atoms with Crippen molar-refractivity contribution in [2.45, 2.75) is 20.3 Å². The first kappa shape index (κ1) is 11.2. The Morgan fingerprint density at radius 1 is 1.29 bits per heavy atom. The highest BCUT2D eigenvalue weighted by Gasteiger charge is 2.02. The van der Waals surface area contributed by atoms with E-state index in [-0.39, 0.29) is 0 Å². The van der Waals surface area contributed by atoms with E-state index in [0.717, 1.165) is 6.42 Å². The van der Waals surface area contributed by atoms with Gasteiger partial charge in [-0.15, -0.1) is 0 Å². The lowest BCUT2D eigenvalue weighted by Gasteiger charge is -2.09. The van der Waals surface area contributed by atoms with Gasteiger partial charge in [-0.2, -0.15) is 0 Å². The lowest BCUT2D eigenvalue weighted by molar-refractivity contribution is 0.299. The number of hydrogen-bond acceptors (Lipinski definition) is 2. The molecule has 0 amide bonds. The topological polar surface area (TPSA) is 9.23 Å². The van der Waals surface area contributed by atoms with E-state index in [1.807, 2.05) is 32.0 Å². The summed E-state index contributed by atoms with van der Waals surface area (Å²) < 4.78 is 5.44. The molecule has 0 bridgehead atoms. The lowest BCUT2D eigenvalue weighted by Crippen LogP contribution is -2.11. The SMILES string of the molecule is CC(C)C(=S)OCCc1ccccc1. The van der Waals surface area contributed by atoms with Crippen LogP contribution in [-0.4, -0.2) is 11.7 Å². The zero-order valence-electron chi connectivity index (χ0n) is 8.69. The number of thiocarbonyl (C=S) groups is 1. The van der Waals surface area contributed by atoms with Gasteiger partial charge >= 0.3 is 0 Å². The first-order chi connectivity index (χ1) is 6.70. The molecule has 0 radical (unpaired) electrons. The van der Waals surface area contributed by atoms with E-state index >= 15 is 0 Å². The molecule has 14 heavy (non-hydrogen) atoms. The molecule has 1 aromatic carbocycles. The van der Waals surface area contributed by atoms with Gasteiger partial charge in [-0.1, -0.05) is 44.2 Å². The summed E-state index contributed by atoms with van der Waals surface area (Å²) in [5.41, 5.74) is 1.29. The molecule has 2 heteroatoms. The fourth-order valence-electron chi connectivity index (χ4n) is 1.08. The van der Waals surface area contributed by atoms with Crippen molar-refractivity contribution < 1.29 is 4.74 Å². The van der Waals surface area contributed by atoms with E-state index < -0.39 is 0 Å². The van der Waals surface area contributed by atoms with Crippen LogP contribution >= 0.6 is 12.2 Å². The van der Waals surface area contributed by atoms with Crippen LogP contribution < -0.4 is 0 Å². The second-order valence-corrected chi connectivity index (χ2v) is 3.96. The standard InChI is InChI=1S/C12H16OS/c1-10(2)12(14)13-9-8-11-6-4-3-5-7-11/h3-7,10H,8-9H2,1-2H3. The third kappa shape index (κ3) is 3.88. The summed E-state index contributed by atoms with van der Waals surface area (Å²) in [4.78, 5) is 0. The Morgan fingerprint density at radius 3 is 2.50 bits per heavy atom. The van der Waals surface area contributed by atoms with Crippen LogP contribution in [0.2, 0.25) is 0 Å². The van der Waals surface area contributed by atoms with Crippen molar-refractivity contribution in [1.29, 1.82) is 0 Å². The van der Waals surface area contributed by atoms with Crippen LogP contribution in [0.4, 0.5) is 0 Å². The third-order valence-corrected chi connectivity index (χ3v) is 2.54. The van der Waals surface area contributed by atoms with Gasteiger partial charge < -0.3 is 4.74 Å². The number of hydrogen-bond donors (Lipinski definition) is 0. The van der Waals surface area contributed by atoms with Crippen molar-refractivity contribution in [3.8, 4) is 0 Å². The van der Waals surface area contributed by atoms with Crippen molar-refractivity contribution in [2.75, 3.05) is 6.61 Å². The number of rotatable bonds is 4. The van der Waals surface area contributed by atoms with Crippen molar-refractivity contribution in [2.24, 2.45) is 5.92 Å². The van der Waals surface area contributed by atoms with Gasteiger partial charge in [-0.3, -0.25) is 0 Å². The van der Waals surface area contributed by atoms with Gasteiger partial charge in [0.15, 0.2) is 5.05 Å². The molecule has 0 saturated heterocycles. The van der Waals surface area contributed by atoms with Gasteiger partial charge in [0.25, 0.3) is 0 Å². The molecule has 76 valence electrons. The predicted molar refractivity (Wildman–Crippen MR) is 63.5 cm³/mol. The largest absolute Gasteiger partial charge is 0.486 e. The Morgan fingerprint density at radius 2 is 1.93 bits per heavy atom. The molecule has 0 saturated carbocycles. The first-order valence-electron chi connectivity index (χ1n) is 4.90. The van der Waals surface area contributed by atoms with Gasteiger partial charge in [0.2, 0.25) is 0 Å². The summed E-state index contributed by atoms with van der Waals surface area (Å²) in [7, 11) is 0. The summed E-state index contributed by atoms with van der Waals surface area (Å²) in [5.74, 6) is 0.334. The minimum absolute atomic E-state index is 0.334. The van der Waals surface area contributed by atoms with Crippen molar-refractivity contribution in [3.63, 3.8) is 0 Å². The number of ether oxygens (including phenoxy) is 1. The summed E-state index contributed by atoms with van der Waals surface area (Å²) in [6.45, 7) is 4.77. The lowest BCUT2D eigenvalue weighted by atomic mass is 10.2. The Balaban J connectivity index is 2.26. The molecule has 0 aromatic heterocycles. The fraction of sp³-hybridized carbons (Fsp3) is 0.417. The monoisotopic (exact) mass is 208 g/mol. The summed E-state index contributed by atoms with van der Waals surface area (Å²) in [5, 5.41) is 0.709. The molecule has 0 fully saturated rings. The number of benzene rings is 1. The Hall–Kier alpha value is -0.890. The molecule has 1 rings (SSSR count). The molecule has 1 nitrogen and oxygen atoms in total. The maximum atomic E-state index is 5.44. The van der Waals surface area contributed by atoms with E-state index in [9.17, 15) is 0 Å². The highest BCUT2D eigenvalue weighted by molar-refractivity contribution is 7.80. The van der Waals surface area contributed by atoms with E-state index in [1.54, 1.807) is 0 Å². The third-order valence-electron chi connectivity index (χ3n) is 1.95. The molecule has 0 heterocycles. The fourth-order valence-corrected chi connectivity index (χ4v) is 1.16. The second kappa shape index (κ2) is 5.76. The van der Waals surface area contributed by atoms with E-state index in [2.05, 4.69) is 12.1 Å². The van der Waals surface area contributed by atoms with Crippen molar-refractivity contribution in [1.82, 2.24) is 0 Å². The van der Waals surface area contributed by atoms with Crippen molar-refractivity contribution >= 4 is 17.3 Å². The van der Waals surface area contributed by atoms with Gasteiger partial charge in [0.1, 0.15) is 0 Å². The van der Waals surface area contributed by atoms with Gasteiger partial charge in [0, 0.05) is 12.3 Å². The molecule has 0 aliphatic rings. The van der Waals surface area contributed by atoms with E-state index in [1.165, 1.54) is 5.56 Å². The highest BCUT2D eigenvalue weighted by Crippen LogP contribution is 2.03. The molecule has 0 N–H and O–H groups in total. The minimum Gasteiger partial charge on any atom is -0.486 e. The minimum atomic E-state index is 0.334. The van der Waals surface area contributed by atoms with E-state index in [0.29, 0.717) is 17.6 Å². The quantitative estimate of drug-likeness (QED) is 0.703. The van der Waals surface area contributed by atoms with Crippen LogP contribution in [0.25, 0.3) is 0 Å². The van der Waals surface area contributed by atoms with Crippen molar-refractivity contribution in [3.05, 3.63) is 35.9 Å². The maximum Gasteiger partial charge on any atom is 0.162 e. The molecular weight excluding hydrogens is 192 g/mol. The van der Waals surface area contributed by atoms with Gasteiger partial charge in [-0.25, -0.2) is 0 Å². The smallest absolute Gasteiger partial charge is 0.162 e. The predicted octanol–water partition coefficient (Wildman–Crippen LogP) is 3.23. The first-order valence-corrected chi connectivity index (χ1v) is 5.31. The van der Waals surface area contributed by atoms with Crippen LogP contribution in [0, 0.1) is 5.92 Å². The molecule has 1 aromatic rings. The molecule has 0 aliphatic carbocycles. The summed E-state index contributed by atoms with van der Waals surface area (Å²) in [6.07, 6.45) is 0.924. The zero-order valence-corrected chi connectivity index (χ0v) is 9.51. The van der Waals surface area contributed by atoms with Gasteiger partial charge in [0.05, 0.1) is 6.61 Å². The van der Waals surface area contributed by atoms with Crippen LogP contribution in [0.3, 0.4) is 0 Å². The molecule has 0 aliphatic heterocycles. The normalized spacial score (nSPS) is 10.2. The van der Waals surface area contributed by atoms with E-state index in [4.69, 9.17) is 17.0 Å². The zero-order chi connectivity index (χ0) is 10.4. The van der Waals surface area contributed by atoms with Crippen LogP contribution in [0.15, 0.2) is 30.3 Å². The van der Waals surface area contributed by atoms with Crippen LogP contribution in [-0.2, 0) is 11.2 Å². The molecule has 0 atom stereocenters. The Kier molecular flexibility index (Phi) is 4.60. The van der Waals surface area contributed by atoms with Crippen LogP contribution in [0.1, 0.15) is 19.4 Å². The second-order valence-electron chi connectivity index (χ2n) is 3.56. The Bertz CT molecular complexity index is 280. The highest BCUT2D eigenvalue weighted by atomic mass is 32.1. The summed E-state index contributed by atoms with van der Waals surface area (Å²) >= 11 is 5.07. The maximum absolute atomic E-state index is 5.44. The van der Waals surface area contributed by atoms with Gasteiger partial charge in [-0.05, 0) is 17.8 Å². The average molecular weight is 208 g/mol. The summed E-state index contributed by atoms with van der Waals surface area (Å²) in [6, 6.07) is 10.3. The average Bonchev–Trinajstić information content (AvgIpc) is 2.19.